The van der Waals surface area contributed by atoms with E-state index in [1.807, 2.05) is 23.0 Å². The predicted octanol–water partition coefficient (Wildman–Crippen LogP) is 1.77. The maximum atomic E-state index is 11.3. The van der Waals surface area contributed by atoms with E-state index in [4.69, 9.17) is 5.73 Å². The van der Waals surface area contributed by atoms with Gasteiger partial charge in [-0.25, -0.2) is 4.68 Å². The fourth-order valence-electron chi connectivity index (χ4n) is 2.77. The molecule has 0 aliphatic heterocycles. The number of amides is 1. The SMILES string of the molecule is Cc1ccccc1-n1ncc2c1CCC(C(N)=O)C2. The monoisotopic (exact) mass is 255 g/mol. The highest BCUT2D eigenvalue weighted by atomic mass is 16.1. The van der Waals surface area contributed by atoms with Gasteiger partial charge in [0.05, 0.1) is 11.9 Å². The standard InChI is InChI=1S/C15H17N3O/c1-10-4-2-3-5-13(10)18-14-7-6-11(15(16)19)8-12(14)9-17-18/h2-5,9,11H,6-8H2,1H3,(H2,16,19). The summed E-state index contributed by atoms with van der Waals surface area (Å²) >= 11 is 0. The first kappa shape index (κ1) is 12.0. The zero-order chi connectivity index (χ0) is 13.4. The fraction of sp³-hybridized carbons (Fsp3) is 0.333. The van der Waals surface area contributed by atoms with Gasteiger partial charge in [0.2, 0.25) is 5.91 Å². The highest BCUT2D eigenvalue weighted by Gasteiger charge is 2.26. The van der Waals surface area contributed by atoms with Gasteiger partial charge in [-0.15, -0.1) is 0 Å². The van der Waals surface area contributed by atoms with Gasteiger partial charge in [0.1, 0.15) is 0 Å². The Morgan fingerprint density at radius 3 is 2.95 bits per heavy atom. The van der Waals surface area contributed by atoms with E-state index in [-0.39, 0.29) is 11.8 Å². The molecule has 1 unspecified atom stereocenters. The summed E-state index contributed by atoms with van der Waals surface area (Å²) in [5.41, 5.74) is 10.1. The molecule has 1 aromatic carbocycles. The van der Waals surface area contributed by atoms with Gasteiger partial charge < -0.3 is 5.73 Å². The second kappa shape index (κ2) is 4.53. The summed E-state index contributed by atoms with van der Waals surface area (Å²) in [5.74, 6) is -0.240. The number of benzene rings is 1. The Bertz CT molecular complexity index is 630. The number of carbonyl (C=O) groups is 1. The smallest absolute Gasteiger partial charge is 0.220 e. The highest BCUT2D eigenvalue weighted by Crippen LogP contribution is 2.27. The second-order valence-electron chi connectivity index (χ2n) is 5.16. The maximum Gasteiger partial charge on any atom is 0.220 e. The third-order valence-electron chi connectivity index (χ3n) is 3.90. The molecule has 0 saturated heterocycles. The Morgan fingerprint density at radius 2 is 2.21 bits per heavy atom. The number of hydrogen-bond donors (Lipinski definition) is 1. The van der Waals surface area contributed by atoms with E-state index in [2.05, 4.69) is 24.2 Å². The number of rotatable bonds is 2. The molecule has 0 radical (unpaired) electrons. The molecular formula is C15H17N3O. The van der Waals surface area contributed by atoms with Gasteiger partial charge in [0, 0.05) is 11.6 Å². The van der Waals surface area contributed by atoms with Crippen LogP contribution in [-0.4, -0.2) is 15.7 Å². The van der Waals surface area contributed by atoms with E-state index in [1.165, 1.54) is 11.3 Å². The van der Waals surface area contributed by atoms with Crippen molar-refractivity contribution in [2.45, 2.75) is 26.2 Å². The molecule has 2 aromatic rings. The number of aryl methyl sites for hydroxylation is 1. The molecule has 0 fully saturated rings. The van der Waals surface area contributed by atoms with Crippen LogP contribution in [0.25, 0.3) is 5.69 Å². The number of aromatic nitrogens is 2. The maximum absolute atomic E-state index is 11.3. The van der Waals surface area contributed by atoms with Crippen molar-refractivity contribution in [2.24, 2.45) is 11.7 Å². The van der Waals surface area contributed by atoms with Crippen LogP contribution in [0, 0.1) is 12.8 Å². The van der Waals surface area contributed by atoms with Crippen LogP contribution >= 0.6 is 0 Å². The van der Waals surface area contributed by atoms with Crippen molar-refractivity contribution in [2.75, 3.05) is 0 Å². The lowest BCUT2D eigenvalue weighted by Crippen LogP contribution is -2.28. The van der Waals surface area contributed by atoms with Crippen LogP contribution in [0.3, 0.4) is 0 Å². The van der Waals surface area contributed by atoms with Crippen molar-refractivity contribution < 1.29 is 4.79 Å². The number of fused-ring (bicyclic) bond motifs is 1. The van der Waals surface area contributed by atoms with Crippen LogP contribution in [-0.2, 0) is 17.6 Å². The third-order valence-corrected chi connectivity index (χ3v) is 3.90. The van der Waals surface area contributed by atoms with Crippen molar-refractivity contribution in [3.63, 3.8) is 0 Å². The highest BCUT2D eigenvalue weighted by molar-refractivity contribution is 5.77. The van der Waals surface area contributed by atoms with Crippen molar-refractivity contribution in [3.8, 4) is 5.69 Å². The minimum atomic E-state index is -0.200. The van der Waals surface area contributed by atoms with Gasteiger partial charge in [0.15, 0.2) is 0 Å². The number of para-hydroxylation sites is 1. The van der Waals surface area contributed by atoms with Crippen molar-refractivity contribution in [3.05, 3.63) is 47.3 Å². The van der Waals surface area contributed by atoms with Crippen molar-refractivity contribution >= 4 is 5.91 Å². The Labute approximate surface area is 112 Å². The molecule has 1 aromatic heterocycles. The molecule has 1 atom stereocenters. The van der Waals surface area contributed by atoms with Crippen LogP contribution in [0.15, 0.2) is 30.5 Å². The normalized spacial score (nSPS) is 18.1. The van der Waals surface area contributed by atoms with Gasteiger partial charge in [-0.1, -0.05) is 18.2 Å². The molecule has 1 amide bonds. The third kappa shape index (κ3) is 2.03. The second-order valence-corrected chi connectivity index (χ2v) is 5.16. The van der Waals surface area contributed by atoms with Crippen LogP contribution in [0.1, 0.15) is 23.2 Å². The van der Waals surface area contributed by atoms with E-state index in [0.717, 1.165) is 30.5 Å². The van der Waals surface area contributed by atoms with Crippen molar-refractivity contribution in [1.29, 1.82) is 0 Å². The predicted molar refractivity (Wildman–Crippen MR) is 73.0 cm³/mol. The average Bonchev–Trinajstić information content (AvgIpc) is 2.82. The van der Waals surface area contributed by atoms with Gasteiger partial charge >= 0.3 is 0 Å². The van der Waals surface area contributed by atoms with Gasteiger partial charge in [-0.2, -0.15) is 5.10 Å². The minimum absolute atomic E-state index is 0.0398. The lowest BCUT2D eigenvalue weighted by atomic mass is 9.87. The van der Waals surface area contributed by atoms with Gasteiger partial charge in [0.25, 0.3) is 0 Å². The molecule has 1 heterocycles. The van der Waals surface area contributed by atoms with Gasteiger partial charge in [-0.05, 0) is 43.4 Å². The summed E-state index contributed by atoms with van der Waals surface area (Å²) in [6.45, 7) is 2.08. The molecule has 2 N–H and O–H groups in total. The van der Waals surface area contributed by atoms with Gasteiger partial charge in [-0.3, -0.25) is 4.79 Å². The Balaban J connectivity index is 2.00. The van der Waals surface area contributed by atoms with Crippen LogP contribution in [0.4, 0.5) is 0 Å². The first-order valence-electron chi connectivity index (χ1n) is 6.58. The van der Waals surface area contributed by atoms with E-state index >= 15 is 0 Å². The molecule has 1 aliphatic rings. The zero-order valence-electron chi connectivity index (χ0n) is 11.0. The summed E-state index contributed by atoms with van der Waals surface area (Å²) < 4.78 is 2.00. The fourth-order valence-corrected chi connectivity index (χ4v) is 2.77. The molecule has 0 spiro atoms. The molecule has 0 bridgehead atoms. The molecule has 4 heteroatoms. The molecular weight excluding hydrogens is 238 g/mol. The average molecular weight is 255 g/mol. The summed E-state index contributed by atoms with van der Waals surface area (Å²) in [6, 6.07) is 8.20. The number of primary amides is 1. The zero-order valence-corrected chi connectivity index (χ0v) is 11.0. The Hall–Kier alpha value is -2.10. The Kier molecular flexibility index (Phi) is 2.85. The summed E-state index contributed by atoms with van der Waals surface area (Å²) in [7, 11) is 0. The molecule has 0 saturated carbocycles. The lowest BCUT2D eigenvalue weighted by molar-refractivity contribution is -0.122. The summed E-state index contributed by atoms with van der Waals surface area (Å²) in [6.07, 6.45) is 4.27. The van der Waals surface area contributed by atoms with Crippen LogP contribution in [0.5, 0.6) is 0 Å². The summed E-state index contributed by atoms with van der Waals surface area (Å²) in [4.78, 5) is 11.3. The molecule has 19 heavy (non-hydrogen) atoms. The minimum Gasteiger partial charge on any atom is -0.369 e. The Morgan fingerprint density at radius 1 is 1.42 bits per heavy atom. The topological polar surface area (TPSA) is 60.9 Å². The number of nitrogens with zero attached hydrogens (tertiary/aromatic N) is 2. The molecule has 98 valence electrons. The van der Waals surface area contributed by atoms with Crippen LogP contribution in [0.2, 0.25) is 0 Å². The van der Waals surface area contributed by atoms with Crippen LogP contribution < -0.4 is 5.73 Å². The first-order chi connectivity index (χ1) is 9.16. The lowest BCUT2D eigenvalue weighted by Gasteiger charge is -2.20. The van der Waals surface area contributed by atoms with E-state index in [1.54, 1.807) is 0 Å². The number of hydrogen-bond acceptors (Lipinski definition) is 2. The summed E-state index contributed by atoms with van der Waals surface area (Å²) in [5, 5.41) is 4.49. The van der Waals surface area contributed by atoms with E-state index in [9.17, 15) is 4.79 Å². The molecule has 3 rings (SSSR count). The quantitative estimate of drug-likeness (QED) is 0.889. The molecule has 4 nitrogen and oxygen atoms in total. The van der Waals surface area contributed by atoms with E-state index < -0.39 is 0 Å². The van der Waals surface area contributed by atoms with E-state index in [0.29, 0.717) is 0 Å². The molecule has 1 aliphatic carbocycles. The van der Waals surface area contributed by atoms with Crippen molar-refractivity contribution in [1.82, 2.24) is 9.78 Å². The number of nitrogens with two attached hydrogens (primary N) is 1. The largest absolute Gasteiger partial charge is 0.369 e. The number of carbonyl (C=O) groups excluding carboxylic acids is 1. The first-order valence-corrected chi connectivity index (χ1v) is 6.58.